The van der Waals surface area contributed by atoms with Crippen LogP contribution < -0.4 is 5.32 Å². The van der Waals surface area contributed by atoms with Crippen LogP contribution in [0.25, 0.3) is 44.5 Å². The molecule has 3 amide bonds. The summed E-state index contributed by atoms with van der Waals surface area (Å²) < 4.78 is 4.79. The lowest BCUT2D eigenvalue weighted by Gasteiger charge is -2.32. The third-order valence-electron chi connectivity index (χ3n) is 10.7. The molecule has 0 bridgehead atoms. The first-order valence-electron chi connectivity index (χ1n) is 18.0. The van der Waals surface area contributed by atoms with Crippen molar-refractivity contribution >= 4 is 29.1 Å². The number of amides is 3. The van der Waals surface area contributed by atoms with Gasteiger partial charge in [0.1, 0.15) is 17.7 Å². The van der Waals surface area contributed by atoms with E-state index in [1.165, 1.54) is 12.0 Å². The van der Waals surface area contributed by atoms with Crippen molar-refractivity contribution in [1.29, 1.82) is 0 Å². The first kappa shape index (κ1) is 34.8. The standard InChI is InChI=1S/C40H45N7O5/c1-22(2)35(45-39(49)52-5)38(48)46-23(3)6-19-34(46)37-42-30-17-16-29(20-31(30)43-37)27-10-8-25(9-11-27)26-12-14-28(15-13-26)32-21-41-36(44-32)33-18-7-24(4)47(33)40(50)51/h8-17,20-24,33-35H,6-7,18-19H2,1-5H3,(H,41,44)(H,42,43)(H,45,49)(H,50,51)/t23-,24-,33-,34-,35?/m0/s1. The number of nitrogens with zero attached hydrogens (tertiary/aromatic N) is 4. The molecule has 2 aliphatic heterocycles. The first-order chi connectivity index (χ1) is 25.0. The van der Waals surface area contributed by atoms with Gasteiger partial charge in [-0.15, -0.1) is 0 Å². The third-order valence-corrected chi connectivity index (χ3v) is 10.7. The second-order valence-electron chi connectivity index (χ2n) is 14.4. The molecular weight excluding hydrogens is 658 g/mol. The summed E-state index contributed by atoms with van der Waals surface area (Å²) in [6, 6.07) is 21.6. The Labute approximate surface area is 302 Å². The molecule has 270 valence electrons. The largest absolute Gasteiger partial charge is 0.465 e. The Morgan fingerprint density at radius 1 is 0.788 bits per heavy atom. The maximum Gasteiger partial charge on any atom is 0.408 e. The van der Waals surface area contributed by atoms with Gasteiger partial charge in [0.2, 0.25) is 5.91 Å². The van der Waals surface area contributed by atoms with Gasteiger partial charge in [0.25, 0.3) is 0 Å². The van der Waals surface area contributed by atoms with E-state index in [1.54, 1.807) is 0 Å². The number of H-pyrrole nitrogens is 2. The van der Waals surface area contributed by atoms with Crippen molar-refractivity contribution in [2.75, 3.05) is 7.11 Å². The van der Waals surface area contributed by atoms with Crippen LogP contribution in [0.5, 0.6) is 0 Å². The minimum atomic E-state index is -0.914. The molecule has 5 atom stereocenters. The van der Waals surface area contributed by atoms with E-state index in [0.29, 0.717) is 5.82 Å². The minimum absolute atomic E-state index is 0.00683. The van der Waals surface area contributed by atoms with Gasteiger partial charge in [-0.1, -0.05) is 68.4 Å². The van der Waals surface area contributed by atoms with Crippen molar-refractivity contribution in [1.82, 2.24) is 35.1 Å². The number of hydrogen-bond acceptors (Lipinski definition) is 6. The average Bonchev–Trinajstić information content (AvgIpc) is 3.95. The van der Waals surface area contributed by atoms with Gasteiger partial charge in [-0.05, 0) is 79.8 Å². The number of methoxy groups -OCH3 is 1. The number of carboxylic acid groups (broad SMARTS) is 1. The van der Waals surface area contributed by atoms with E-state index in [-0.39, 0.29) is 36.0 Å². The molecule has 2 aliphatic rings. The van der Waals surface area contributed by atoms with Crippen LogP contribution in [0.2, 0.25) is 0 Å². The summed E-state index contributed by atoms with van der Waals surface area (Å²) in [5.41, 5.74) is 7.73. The van der Waals surface area contributed by atoms with Crippen molar-refractivity contribution in [2.24, 2.45) is 5.92 Å². The number of carbonyl (C=O) groups is 3. The fourth-order valence-corrected chi connectivity index (χ4v) is 7.77. The van der Waals surface area contributed by atoms with E-state index in [4.69, 9.17) is 14.7 Å². The number of hydrogen-bond donors (Lipinski definition) is 4. The summed E-state index contributed by atoms with van der Waals surface area (Å²) in [6.07, 6.45) is 3.50. The number of likely N-dealkylation sites (tertiary alicyclic amines) is 2. The van der Waals surface area contributed by atoms with Gasteiger partial charge in [-0.3, -0.25) is 9.69 Å². The lowest BCUT2D eigenvalue weighted by molar-refractivity contribution is -0.137. The highest BCUT2D eigenvalue weighted by Crippen LogP contribution is 2.38. The second kappa shape index (κ2) is 14.2. The molecule has 4 N–H and O–H groups in total. The number of fused-ring (bicyclic) bond motifs is 1. The number of carbonyl (C=O) groups excluding carboxylic acids is 2. The zero-order chi connectivity index (χ0) is 36.7. The Bertz CT molecular complexity index is 2090. The second-order valence-corrected chi connectivity index (χ2v) is 14.4. The molecule has 12 nitrogen and oxygen atoms in total. The number of ether oxygens (including phenoxy) is 1. The maximum atomic E-state index is 13.8. The SMILES string of the molecule is COC(=O)NC(C(=O)N1[C@@H](C)CC[C@H]1c1nc2cc(-c3ccc(-c4ccc(-c5c[nH]c([C@@H]6CC[C@H](C)N6C(=O)O)n5)cc4)cc3)ccc2[nH]1)C(C)C. The number of aromatic amines is 2. The predicted octanol–water partition coefficient (Wildman–Crippen LogP) is 7.92. The highest BCUT2D eigenvalue weighted by molar-refractivity contribution is 5.87. The smallest absolute Gasteiger partial charge is 0.408 e. The highest BCUT2D eigenvalue weighted by atomic mass is 16.5. The normalized spacial score (nSPS) is 20.8. The van der Waals surface area contributed by atoms with E-state index < -0.39 is 18.2 Å². The lowest BCUT2D eigenvalue weighted by Crippen LogP contribution is -2.52. The van der Waals surface area contributed by atoms with Crippen LogP contribution in [-0.2, 0) is 9.53 Å². The van der Waals surface area contributed by atoms with E-state index in [2.05, 4.69) is 63.8 Å². The Hall–Kier alpha value is -5.65. The number of aromatic nitrogens is 4. The minimum Gasteiger partial charge on any atom is -0.465 e. The maximum absolute atomic E-state index is 13.8. The fourth-order valence-electron chi connectivity index (χ4n) is 7.77. The zero-order valence-corrected chi connectivity index (χ0v) is 30.1. The summed E-state index contributed by atoms with van der Waals surface area (Å²) in [5.74, 6) is 1.18. The number of benzene rings is 3. The van der Waals surface area contributed by atoms with Crippen LogP contribution in [0.4, 0.5) is 9.59 Å². The molecule has 2 fully saturated rings. The molecule has 2 saturated heterocycles. The van der Waals surface area contributed by atoms with Gasteiger partial charge in [-0.2, -0.15) is 0 Å². The van der Waals surface area contributed by atoms with E-state index in [0.717, 1.165) is 76.1 Å². The molecule has 0 spiro atoms. The zero-order valence-electron chi connectivity index (χ0n) is 30.1. The Kier molecular flexibility index (Phi) is 9.48. The molecule has 1 unspecified atom stereocenters. The molecular formula is C40H45N7O5. The van der Waals surface area contributed by atoms with Crippen LogP contribution in [0.15, 0.2) is 72.9 Å². The van der Waals surface area contributed by atoms with Crippen LogP contribution >= 0.6 is 0 Å². The Morgan fingerprint density at radius 2 is 1.35 bits per heavy atom. The lowest BCUT2D eigenvalue weighted by atomic mass is 9.99. The Morgan fingerprint density at radius 3 is 1.94 bits per heavy atom. The average molecular weight is 704 g/mol. The monoisotopic (exact) mass is 703 g/mol. The molecule has 5 aromatic rings. The van der Waals surface area contributed by atoms with Crippen LogP contribution in [-0.4, -0.2) is 78.2 Å². The fraction of sp³-hybridized carbons (Fsp3) is 0.375. The molecule has 2 aromatic heterocycles. The highest BCUT2D eigenvalue weighted by Gasteiger charge is 2.41. The molecule has 12 heteroatoms. The van der Waals surface area contributed by atoms with Crippen molar-refractivity contribution in [3.8, 4) is 33.5 Å². The van der Waals surface area contributed by atoms with Crippen molar-refractivity contribution in [3.05, 3.63) is 84.6 Å². The van der Waals surface area contributed by atoms with E-state index in [1.807, 2.05) is 57.0 Å². The van der Waals surface area contributed by atoms with Crippen molar-refractivity contribution < 1.29 is 24.2 Å². The molecule has 4 heterocycles. The molecule has 7 rings (SSSR count). The van der Waals surface area contributed by atoms with Crippen LogP contribution in [0.1, 0.15) is 77.1 Å². The molecule has 0 aliphatic carbocycles. The van der Waals surface area contributed by atoms with E-state index >= 15 is 0 Å². The number of imidazole rings is 2. The topological polar surface area (TPSA) is 157 Å². The van der Waals surface area contributed by atoms with Crippen LogP contribution in [0.3, 0.4) is 0 Å². The van der Waals surface area contributed by atoms with Gasteiger partial charge >= 0.3 is 12.2 Å². The van der Waals surface area contributed by atoms with Gasteiger partial charge < -0.3 is 30.0 Å². The summed E-state index contributed by atoms with van der Waals surface area (Å²) in [6.45, 7) is 7.79. The molecule has 52 heavy (non-hydrogen) atoms. The van der Waals surface area contributed by atoms with Gasteiger partial charge in [0, 0.05) is 23.8 Å². The summed E-state index contributed by atoms with van der Waals surface area (Å²) in [4.78, 5) is 57.4. The van der Waals surface area contributed by atoms with Crippen molar-refractivity contribution in [3.63, 3.8) is 0 Å². The van der Waals surface area contributed by atoms with Gasteiger partial charge in [-0.25, -0.2) is 19.6 Å². The molecule has 3 aromatic carbocycles. The quantitative estimate of drug-likeness (QED) is 0.128. The van der Waals surface area contributed by atoms with Crippen LogP contribution in [0, 0.1) is 5.92 Å². The summed E-state index contributed by atoms with van der Waals surface area (Å²) in [5, 5.41) is 12.4. The summed E-state index contributed by atoms with van der Waals surface area (Å²) >= 11 is 0. The Balaban J connectivity index is 1.05. The molecule has 0 saturated carbocycles. The predicted molar refractivity (Wildman–Crippen MR) is 198 cm³/mol. The van der Waals surface area contributed by atoms with Gasteiger partial charge in [0.15, 0.2) is 0 Å². The number of nitrogens with one attached hydrogen (secondary N) is 3. The number of alkyl carbamates (subject to hydrolysis) is 1. The molecule has 0 radical (unpaired) electrons. The number of rotatable bonds is 8. The first-order valence-corrected chi connectivity index (χ1v) is 18.0. The van der Waals surface area contributed by atoms with Crippen molar-refractivity contribution in [2.45, 2.75) is 83.6 Å². The summed E-state index contributed by atoms with van der Waals surface area (Å²) in [7, 11) is 1.30. The van der Waals surface area contributed by atoms with Gasteiger partial charge in [0.05, 0.1) is 35.9 Å². The third kappa shape index (κ3) is 6.60. The van der Waals surface area contributed by atoms with E-state index in [9.17, 15) is 19.5 Å².